The van der Waals surface area contributed by atoms with E-state index in [9.17, 15) is 5.11 Å². The summed E-state index contributed by atoms with van der Waals surface area (Å²) < 4.78 is 1.96. The number of likely N-dealkylation sites (tertiary alicyclic amines) is 1. The molecule has 1 saturated heterocycles. The first kappa shape index (κ1) is 16.1. The van der Waals surface area contributed by atoms with Crippen LogP contribution in [0.5, 0.6) is 0 Å². The van der Waals surface area contributed by atoms with Crippen LogP contribution in [0.2, 0.25) is 0 Å². The van der Waals surface area contributed by atoms with Crippen LogP contribution in [0.15, 0.2) is 66.9 Å². The monoisotopic (exact) mass is 333 g/mol. The van der Waals surface area contributed by atoms with E-state index in [1.54, 1.807) is 0 Å². The summed E-state index contributed by atoms with van der Waals surface area (Å²) in [6.07, 6.45) is 3.87. The molecule has 2 heterocycles. The second-order valence-corrected chi connectivity index (χ2v) is 6.68. The lowest BCUT2D eigenvalue weighted by Crippen LogP contribution is -2.37. The topological polar surface area (TPSA) is 41.3 Å². The van der Waals surface area contributed by atoms with Crippen LogP contribution in [-0.2, 0) is 6.54 Å². The Morgan fingerprint density at radius 3 is 2.44 bits per heavy atom. The Labute approximate surface area is 148 Å². The van der Waals surface area contributed by atoms with Gasteiger partial charge in [0.1, 0.15) is 0 Å². The van der Waals surface area contributed by atoms with Gasteiger partial charge in [0.2, 0.25) is 0 Å². The zero-order valence-electron chi connectivity index (χ0n) is 14.3. The molecule has 1 unspecified atom stereocenters. The molecule has 4 nitrogen and oxygen atoms in total. The van der Waals surface area contributed by atoms with Crippen LogP contribution in [0.4, 0.5) is 0 Å². The van der Waals surface area contributed by atoms with Crippen molar-refractivity contribution in [3.05, 3.63) is 72.4 Å². The highest BCUT2D eigenvalue weighted by atomic mass is 16.3. The van der Waals surface area contributed by atoms with Gasteiger partial charge in [-0.25, -0.2) is 4.68 Å². The molecule has 128 valence electrons. The fraction of sp³-hybridized carbons (Fsp3) is 0.286. The summed E-state index contributed by atoms with van der Waals surface area (Å²) in [6, 6.07) is 20.5. The summed E-state index contributed by atoms with van der Waals surface area (Å²) in [4.78, 5) is 2.33. The van der Waals surface area contributed by atoms with E-state index in [-0.39, 0.29) is 6.10 Å². The SMILES string of the molecule is OC1CCCN(Cc2cn(-c3ccccc3)nc2-c2ccccc2)C1. The summed E-state index contributed by atoms with van der Waals surface area (Å²) in [5.41, 5.74) is 4.41. The van der Waals surface area contributed by atoms with Crippen molar-refractivity contribution >= 4 is 0 Å². The third-order valence-corrected chi connectivity index (χ3v) is 4.73. The van der Waals surface area contributed by atoms with Gasteiger partial charge in [-0.15, -0.1) is 0 Å². The highest BCUT2D eigenvalue weighted by molar-refractivity contribution is 5.63. The lowest BCUT2D eigenvalue weighted by atomic mass is 10.1. The zero-order valence-corrected chi connectivity index (χ0v) is 14.3. The van der Waals surface area contributed by atoms with Crippen molar-refractivity contribution < 1.29 is 5.11 Å². The van der Waals surface area contributed by atoms with Gasteiger partial charge in [0.15, 0.2) is 0 Å². The van der Waals surface area contributed by atoms with E-state index in [2.05, 4.69) is 35.4 Å². The number of aliphatic hydroxyl groups is 1. The lowest BCUT2D eigenvalue weighted by molar-refractivity contribution is 0.0669. The first-order valence-electron chi connectivity index (χ1n) is 8.89. The molecule has 4 rings (SSSR count). The maximum atomic E-state index is 9.96. The molecule has 0 aliphatic carbocycles. The number of benzene rings is 2. The average Bonchev–Trinajstić information content (AvgIpc) is 3.07. The van der Waals surface area contributed by atoms with E-state index >= 15 is 0 Å². The highest BCUT2D eigenvalue weighted by Crippen LogP contribution is 2.25. The van der Waals surface area contributed by atoms with Crippen molar-refractivity contribution in [1.29, 1.82) is 0 Å². The molecule has 4 heteroatoms. The highest BCUT2D eigenvalue weighted by Gasteiger charge is 2.20. The molecule has 0 amide bonds. The number of hydrogen-bond acceptors (Lipinski definition) is 3. The largest absolute Gasteiger partial charge is 0.392 e. The van der Waals surface area contributed by atoms with Crippen LogP contribution in [0.25, 0.3) is 16.9 Å². The molecule has 0 saturated carbocycles. The summed E-state index contributed by atoms with van der Waals surface area (Å²) in [7, 11) is 0. The van der Waals surface area contributed by atoms with Crippen LogP contribution in [0.3, 0.4) is 0 Å². The van der Waals surface area contributed by atoms with E-state index in [1.165, 1.54) is 5.56 Å². The van der Waals surface area contributed by atoms with Gasteiger partial charge in [0, 0.05) is 30.4 Å². The number of nitrogens with zero attached hydrogens (tertiary/aromatic N) is 3. The molecule has 2 aromatic carbocycles. The maximum absolute atomic E-state index is 9.96. The van der Waals surface area contributed by atoms with E-state index in [4.69, 9.17) is 5.10 Å². The summed E-state index contributed by atoms with van der Waals surface area (Å²) >= 11 is 0. The van der Waals surface area contributed by atoms with Crippen LogP contribution < -0.4 is 0 Å². The molecule has 3 aromatic rings. The van der Waals surface area contributed by atoms with Crippen molar-refractivity contribution in [3.63, 3.8) is 0 Å². The van der Waals surface area contributed by atoms with Gasteiger partial charge >= 0.3 is 0 Å². The normalized spacial score (nSPS) is 18.4. The van der Waals surface area contributed by atoms with Gasteiger partial charge < -0.3 is 5.11 Å². The predicted octanol–water partition coefficient (Wildman–Crippen LogP) is 3.50. The minimum atomic E-state index is -0.210. The second kappa shape index (κ2) is 7.21. The molecule has 1 N–H and O–H groups in total. The molecular weight excluding hydrogens is 310 g/mol. The van der Waals surface area contributed by atoms with E-state index in [0.717, 1.165) is 49.4 Å². The number of hydrogen-bond donors (Lipinski definition) is 1. The number of rotatable bonds is 4. The molecule has 1 aliphatic heterocycles. The summed E-state index contributed by atoms with van der Waals surface area (Å²) in [6.45, 7) is 2.58. The summed E-state index contributed by atoms with van der Waals surface area (Å²) in [5, 5.41) is 14.8. The van der Waals surface area contributed by atoms with Gasteiger partial charge in [-0.1, -0.05) is 48.5 Å². The van der Waals surface area contributed by atoms with Gasteiger partial charge in [0.05, 0.1) is 17.5 Å². The molecule has 0 bridgehead atoms. The molecular formula is C21H23N3O. The summed E-state index contributed by atoms with van der Waals surface area (Å²) in [5.74, 6) is 0. The molecule has 0 radical (unpaired) electrons. The Balaban J connectivity index is 1.69. The number of para-hydroxylation sites is 1. The Kier molecular flexibility index (Phi) is 4.63. The first-order chi connectivity index (χ1) is 12.3. The van der Waals surface area contributed by atoms with Crippen LogP contribution in [-0.4, -0.2) is 39.0 Å². The quantitative estimate of drug-likeness (QED) is 0.794. The van der Waals surface area contributed by atoms with Gasteiger partial charge in [-0.05, 0) is 31.5 Å². The number of aromatic nitrogens is 2. The van der Waals surface area contributed by atoms with Crippen LogP contribution in [0, 0.1) is 0 Å². The Bertz CT molecular complexity index is 814. The van der Waals surface area contributed by atoms with Gasteiger partial charge in [-0.3, -0.25) is 4.90 Å². The molecule has 1 fully saturated rings. The fourth-order valence-corrected chi connectivity index (χ4v) is 3.49. The van der Waals surface area contributed by atoms with Crippen LogP contribution >= 0.6 is 0 Å². The lowest BCUT2D eigenvalue weighted by Gasteiger charge is -2.29. The van der Waals surface area contributed by atoms with Crippen LogP contribution in [0.1, 0.15) is 18.4 Å². The molecule has 0 spiro atoms. The maximum Gasteiger partial charge on any atom is 0.0972 e. The van der Waals surface area contributed by atoms with E-state index in [0.29, 0.717) is 0 Å². The molecule has 1 aliphatic rings. The van der Waals surface area contributed by atoms with Crippen molar-refractivity contribution in [2.24, 2.45) is 0 Å². The minimum absolute atomic E-state index is 0.210. The first-order valence-corrected chi connectivity index (χ1v) is 8.89. The van der Waals surface area contributed by atoms with E-state index in [1.807, 2.05) is 41.1 Å². The number of β-amino-alcohol motifs (C(OH)–C–C–N with tert-alkyl or cyclic N) is 1. The Morgan fingerprint density at radius 2 is 1.72 bits per heavy atom. The minimum Gasteiger partial charge on any atom is -0.392 e. The van der Waals surface area contributed by atoms with Crippen molar-refractivity contribution in [1.82, 2.24) is 14.7 Å². The average molecular weight is 333 g/mol. The van der Waals surface area contributed by atoms with Gasteiger partial charge in [0.25, 0.3) is 0 Å². The van der Waals surface area contributed by atoms with Gasteiger partial charge in [-0.2, -0.15) is 5.10 Å². The number of piperidine rings is 1. The number of aliphatic hydroxyl groups excluding tert-OH is 1. The standard InChI is InChI=1S/C21H23N3O/c25-20-12-7-13-23(16-20)14-18-15-24(19-10-5-2-6-11-19)22-21(18)17-8-3-1-4-9-17/h1-6,8-11,15,20,25H,7,12-14,16H2. The Hall–Kier alpha value is -2.43. The van der Waals surface area contributed by atoms with Crippen molar-refractivity contribution in [2.45, 2.75) is 25.5 Å². The third kappa shape index (κ3) is 3.65. The molecule has 25 heavy (non-hydrogen) atoms. The zero-order chi connectivity index (χ0) is 17.1. The third-order valence-electron chi connectivity index (χ3n) is 4.73. The molecule has 1 aromatic heterocycles. The predicted molar refractivity (Wildman–Crippen MR) is 99.5 cm³/mol. The fourth-order valence-electron chi connectivity index (χ4n) is 3.49. The second-order valence-electron chi connectivity index (χ2n) is 6.68. The molecule has 1 atom stereocenters. The Morgan fingerprint density at radius 1 is 1.00 bits per heavy atom. The van der Waals surface area contributed by atoms with Crippen molar-refractivity contribution in [2.75, 3.05) is 13.1 Å². The smallest absolute Gasteiger partial charge is 0.0972 e. The van der Waals surface area contributed by atoms with Crippen molar-refractivity contribution in [3.8, 4) is 16.9 Å². The van der Waals surface area contributed by atoms with E-state index < -0.39 is 0 Å².